The second kappa shape index (κ2) is 11.5. The predicted molar refractivity (Wildman–Crippen MR) is 213 cm³/mol. The molecule has 0 saturated carbocycles. The van der Waals surface area contributed by atoms with Crippen LogP contribution in [-0.4, -0.2) is 4.57 Å². The van der Waals surface area contributed by atoms with E-state index < -0.39 is 0 Å². The first-order valence-corrected chi connectivity index (χ1v) is 17.2. The quantitative estimate of drug-likeness (QED) is 0.165. The first-order valence-electron chi connectivity index (χ1n) is 17.2. The number of nitrogens with zero attached hydrogens (tertiary/aromatic N) is 2. The maximum atomic E-state index is 2.43. The second-order valence-corrected chi connectivity index (χ2v) is 13.0. The molecule has 2 heteroatoms. The number of hydrogen-bond donors (Lipinski definition) is 0. The lowest BCUT2D eigenvalue weighted by molar-refractivity contribution is 1.18. The molecule has 0 bridgehead atoms. The number of rotatable bonds is 6. The summed E-state index contributed by atoms with van der Waals surface area (Å²) in [6, 6.07) is 70.4. The third-order valence-electron chi connectivity index (χ3n) is 10.1. The van der Waals surface area contributed by atoms with Crippen molar-refractivity contribution in [2.45, 2.75) is 0 Å². The molecule has 1 aromatic heterocycles. The third-order valence-corrected chi connectivity index (χ3v) is 10.1. The standard InChI is InChI=1S/C48H32N2/c1-2-11-33(12-3-1)34-27-29-40(30-28-34)49(44-22-8-14-35-13-4-5-21-43(35)44)41-19-6-17-38(31-41)39-18-7-20-42(32-39)50-45-23-9-15-36-25-26-37-16-10-24-46(50)48(37)47(36)45/h1-32H. The molecular formula is C48H32N2. The van der Waals surface area contributed by atoms with E-state index in [4.69, 9.17) is 0 Å². The lowest BCUT2D eigenvalue weighted by Crippen LogP contribution is -2.10. The molecule has 10 rings (SSSR count). The highest BCUT2D eigenvalue weighted by Crippen LogP contribution is 2.42. The summed E-state index contributed by atoms with van der Waals surface area (Å²) in [6.45, 7) is 0. The lowest BCUT2D eigenvalue weighted by Gasteiger charge is -2.27. The Morgan fingerprint density at radius 1 is 0.340 bits per heavy atom. The number of anilines is 3. The topological polar surface area (TPSA) is 8.17 Å². The fourth-order valence-corrected chi connectivity index (χ4v) is 7.81. The van der Waals surface area contributed by atoms with E-state index in [1.165, 1.54) is 65.6 Å². The van der Waals surface area contributed by atoms with Crippen LogP contribution in [0.15, 0.2) is 194 Å². The molecular weight excluding hydrogens is 605 g/mol. The zero-order chi connectivity index (χ0) is 33.0. The molecule has 0 aliphatic carbocycles. The van der Waals surface area contributed by atoms with E-state index in [0.29, 0.717) is 0 Å². The van der Waals surface area contributed by atoms with Gasteiger partial charge in [0.2, 0.25) is 0 Å². The van der Waals surface area contributed by atoms with E-state index in [1.807, 2.05) is 0 Å². The maximum absolute atomic E-state index is 2.43. The van der Waals surface area contributed by atoms with Gasteiger partial charge in [0.25, 0.3) is 0 Å². The summed E-state index contributed by atoms with van der Waals surface area (Å²) < 4.78 is 2.43. The molecule has 1 heterocycles. The van der Waals surface area contributed by atoms with Crippen molar-refractivity contribution < 1.29 is 0 Å². The third kappa shape index (κ3) is 4.57. The van der Waals surface area contributed by atoms with Crippen LogP contribution < -0.4 is 4.90 Å². The average molecular weight is 637 g/mol. The van der Waals surface area contributed by atoms with Gasteiger partial charge in [-0.15, -0.1) is 0 Å². The number of fused-ring (bicyclic) bond motifs is 1. The van der Waals surface area contributed by atoms with E-state index in [0.717, 1.165) is 22.7 Å². The van der Waals surface area contributed by atoms with Gasteiger partial charge in [-0.25, -0.2) is 0 Å². The summed E-state index contributed by atoms with van der Waals surface area (Å²) >= 11 is 0. The molecule has 0 aliphatic heterocycles. The smallest absolute Gasteiger partial charge is 0.0547 e. The normalized spacial score (nSPS) is 11.6. The van der Waals surface area contributed by atoms with Gasteiger partial charge in [0.05, 0.1) is 16.7 Å². The molecule has 0 N–H and O–H groups in total. The lowest BCUT2D eigenvalue weighted by atomic mass is 10.0. The minimum atomic E-state index is 1.11. The van der Waals surface area contributed by atoms with Crippen molar-refractivity contribution in [1.29, 1.82) is 0 Å². The zero-order valence-corrected chi connectivity index (χ0v) is 27.4. The Bertz CT molecular complexity index is 2740. The molecule has 0 radical (unpaired) electrons. The highest BCUT2D eigenvalue weighted by atomic mass is 15.1. The molecule has 50 heavy (non-hydrogen) atoms. The van der Waals surface area contributed by atoms with Crippen LogP contribution in [0.1, 0.15) is 0 Å². The van der Waals surface area contributed by atoms with Crippen LogP contribution >= 0.6 is 0 Å². The fourth-order valence-electron chi connectivity index (χ4n) is 7.81. The molecule has 9 aromatic carbocycles. The van der Waals surface area contributed by atoms with Gasteiger partial charge in [0, 0.05) is 33.2 Å². The van der Waals surface area contributed by atoms with Crippen LogP contribution in [0.5, 0.6) is 0 Å². The Morgan fingerprint density at radius 2 is 0.900 bits per heavy atom. The number of hydrogen-bond acceptors (Lipinski definition) is 1. The predicted octanol–water partition coefficient (Wildman–Crippen LogP) is 13.3. The van der Waals surface area contributed by atoms with E-state index in [9.17, 15) is 0 Å². The van der Waals surface area contributed by atoms with Crippen molar-refractivity contribution in [1.82, 2.24) is 4.57 Å². The highest BCUT2D eigenvalue weighted by Gasteiger charge is 2.18. The first kappa shape index (κ1) is 28.4. The number of benzene rings is 9. The summed E-state index contributed by atoms with van der Waals surface area (Å²) in [5, 5.41) is 7.65. The summed E-state index contributed by atoms with van der Waals surface area (Å²) in [5.74, 6) is 0. The first-order chi connectivity index (χ1) is 24.8. The van der Waals surface area contributed by atoms with Gasteiger partial charge in [-0.05, 0) is 93.0 Å². The van der Waals surface area contributed by atoms with Crippen molar-refractivity contribution in [3.63, 3.8) is 0 Å². The van der Waals surface area contributed by atoms with Gasteiger partial charge in [0.1, 0.15) is 0 Å². The Hall–Kier alpha value is -6.64. The van der Waals surface area contributed by atoms with Gasteiger partial charge in [-0.2, -0.15) is 0 Å². The molecule has 2 nitrogen and oxygen atoms in total. The molecule has 0 atom stereocenters. The van der Waals surface area contributed by atoms with Gasteiger partial charge in [-0.1, -0.05) is 140 Å². The van der Waals surface area contributed by atoms with E-state index in [1.54, 1.807) is 0 Å². The van der Waals surface area contributed by atoms with E-state index in [2.05, 4.69) is 204 Å². The van der Waals surface area contributed by atoms with Crippen molar-refractivity contribution in [2.75, 3.05) is 4.90 Å². The summed E-state index contributed by atoms with van der Waals surface area (Å²) in [6.07, 6.45) is 0. The Balaban J connectivity index is 1.12. The van der Waals surface area contributed by atoms with Crippen LogP contribution in [0.25, 0.3) is 71.3 Å². The van der Waals surface area contributed by atoms with Crippen molar-refractivity contribution in [3.05, 3.63) is 194 Å². The molecule has 0 aliphatic rings. The van der Waals surface area contributed by atoms with Gasteiger partial charge in [0.15, 0.2) is 0 Å². The zero-order valence-electron chi connectivity index (χ0n) is 27.4. The largest absolute Gasteiger partial charge is 0.310 e. The van der Waals surface area contributed by atoms with E-state index >= 15 is 0 Å². The molecule has 0 saturated heterocycles. The summed E-state index contributed by atoms with van der Waals surface area (Å²) in [4.78, 5) is 2.39. The Morgan fingerprint density at radius 3 is 1.66 bits per heavy atom. The van der Waals surface area contributed by atoms with Crippen molar-refractivity contribution >= 4 is 60.4 Å². The molecule has 234 valence electrons. The van der Waals surface area contributed by atoms with Gasteiger partial charge < -0.3 is 9.47 Å². The average Bonchev–Trinajstić information content (AvgIpc) is 3.54. The minimum absolute atomic E-state index is 1.11. The number of aromatic nitrogens is 1. The monoisotopic (exact) mass is 636 g/mol. The van der Waals surface area contributed by atoms with Crippen LogP contribution in [0, 0.1) is 0 Å². The molecule has 0 spiro atoms. The highest BCUT2D eigenvalue weighted by molar-refractivity contribution is 6.24. The van der Waals surface area contributed by atoms with Gasteiger partial charge in [-0.3, -0.25) is 0 Å². The second-order valence-electron chi connectivity index (χ2n) is 13.0. The van der Waals surface area contributed by atoms with Gasteiger partial charge >= 0.3 is 0 Å². The SMILES string of the molecule is c1ccc(-c2ccc(N(c3cccc(-c4cccc(-n5c6cccc7ccc8cccc5c8c76)c4)c3)c3cccc4ccccc34)cc2)cc1. The molecule has 0 unspecified atom stereocenters. The van der Waals surface area contributed by atoms with Crippen LogP contribution in [-0.2, 0) is 0 Å². The minimum Gasteiger partial charge on any atom is -0.310 e. The fraction of sp³-hybridized carbons (Fsp3) is 0. The van der Waals surface area contributed by atoms with Crippen LogP contribution in [0.2, 0.25) is 0 Å². The molecule has 0 fully saturated rings. The molecule has 0 amide bonds. The van der Waals surface area contributed by atoms with E-state index in [-0.39, 0.29) is 0 Å². The van der Waals surface area contributed by atoms with Crippen molar-refractivity contribution in [3.8, 4) is 27.9 Å². The molecule has 10 aromatic rings. The Labute approximate surface area is 291 Å². The maximum Gasteiger partial charge on any atom is 0.0547 e. The van der Waals surface area contributed by atoms with Crippen molar-refractivity contribution in [2.24, 2.45) is 0 Å². The van der Waals surface area contributed by atoms with Crippen LogP contribution in [0.3, 0.4) is 0 Å². The summed E-state index contributed by atoms with van der Waals surface area (Å²) in [7, 11) is 0. The summed E-state index contributed by atoms with van der Waals surface area (Å²) in [5.41, 5.74) is 11.8. The Kier molecular flexibility index (Phi) is 6.53. The van der Waals surface area contributed by atoms with Crippen LogP contribution in [0.4, 0.5) is 17.1 Å².